The molecular weight excluding hydrogens is 304 g/mol. The maximum atomic E-state index is 12.6. The topological polar surface area (TPSA) is 83.1 Å². The number of fused-ring (bicyclic) bond motifs is 2. The molecule has 0 saturated heterocycles. The van der Waals surface area contributed by atoms with Gasteiger partial charge in [0.15, 0.2) is 0 Å². The number of nitrogens with one attached hydrogen (secondary N) is 3. The van der Waals surface area contributed by atoms with Crippen LogP contribution < -0.4 is 16.0 Å². The number of pyridine rings is 1. The number of carbonyl (C=O) groups is 2. The van der Waals surface area contributed by atoms with Gasteiger partial charge in [0, 0.05) is 6.20 Å². The van der Waals surface area contributed by atoms with Crippen LogP contribution in [0, 0.1) is 0 Å². The lowest BCUT2D eigenvalue weighted by molar-refractivity contribution is -0.114. The minimum Gasteiger partial charge on any atom is -0.359 e. The molecule has 24 heavy (non-hydrogen) atoms. The van der Waals surface area contributed by atoms with E-state index in [9.17, 15) is 9.59 Å². The Hall–Kier alpha value is -2.89. The standard InChI is InChI=1S/C18H18N4O2/c23-16-10-20-17-15(21-16)8-12(9-19-17)18(24)22-14-7-3-5-11-4-1-2-6-13(11)14/h1-2,4,6,8-9,14H,3,5,7,10H2,(H,19,20)(H,21,23)(H,22,24). The Labute approximate surface area is 139 Å². The zero-order valence-electron chi connectivity index (χ0n) is 13.1. The van der Waals surface area contributed by atoms with Crippen LogP contribution in [0.3, 0.4) is 0 Å². The van der Waals surface area contributed by atoms with E-state index in [0.717, 1.165) is 19.3 Å². The largest absolute Gasteiger partial charge is 0.359 e. The summed E-state index contributed by atoms with van der Waals surface area (Å²) >= 11 is 0. The first kappa shape index (κ1) is 14.7. The van der Waals surface area contributed by atoms with E-state index >= 15 is 0 Å². The zero-order chi connectivity index (χ0) is 16.5. The van der Waals surface area contributed by atoms with Crippen LogP contribution in [0.5, 0.6) is 0 Å². The van der Waals surface area contributed by atoms with Crippen LogP contribution in [0.2, 0.25) is 0 Å². The van der Waals surface area contributed by atoms with E-state index in [1.165, 1.54) is 17.3 Å². The first-order chi connectivity index (χ1) is 11.7. The van der Waals surface area contributed by atoms with Gasteiger partial charge in [-0.3, -0.25) is 9.59 Å². The van der Waals surface area contributed by atoms with Crippen molar-refractivity contribution in [2.75, 3.05) is 17.2 Å². The molecule has 1 aromatic heterocycles. The molecule has 2 aromatic rings. The van der Waals surface area contributed by atoms with Gasteiger partial charge >= 0.3 is 0 Å². The lowest BCUT2D eigenvalue weighted by Crippen LogP contribution is -2.32. The van der Waals surface area contributed by atoms with Crippen molar-refractivity contribution in [2.24, 2.45) is 0 Å². The van der Waals surface area contributed by atoms with Gasteiger partial charge in [-0.1, -0.05) is 24.3 Å². The molecule has 2 heterocycles. The Bertz CT molecular complexity index is 818. The average Bonchev–Trinajstić information content (AvgIpc) is 2.61. The van der Waals surface area contributed by atoms with E-state index in [2.05, 4.69) is 33.1 Å². The highest BCUT2D eigenvalue weighted by molar-refractivity contribution is 6.02. The normalized spacial score (nSPS) is 18.7. The van der Waals surface area contributed by atoms with Crippen molar-refractivity contribution in [3.63, 3.8) is 0 Å². The van der Waals surface area contributed by atoms with E-state index in [1.54, 1.807) is 6.07 Å². The molecule has 6 heteroatoms. The minimum absolute atomic E-state index is 0.0196. The molecule has 2 amide bonds. The SMILES string of the molecule is O=C1CNc2ncc(C(=O)NC3CCCc4ccccc43)cc2N1. The smallest absolute Gasteiger partial charge is 0.253 e. The summed E-state index contributed by atoms with van der Waals surface area (Å²) in [6, 6.07) is 9.92. The van der Waals surface area contributed by atoms with Crippen molar-refractivity contribution in [2.45, 2.75) is 25.3 Å². The molecule has 1 aliphatic heterocycles. The molecule has 4 rings (SSSR count). The van der Waals surface area contributed by atoms with Gasteiger partial charge in [0.1, 0.15) is 5.82 Å². The van der Waals surface area contributed by atoms with Crippen molar-refractivity contribution in [1.29, 1.82) is 0 Å². The van der Waals surface area contributed by atoms with Crippen molar-refractivity contribution in [3.05, 3.63) is 53.2 Å². The summed E-state index contributed by atoms with van der Waals surface area (Å²) < 4.78 is 0. The van der Waals surface area contributed by atoms with Crippen molar-refractivity contribution < 1.29 is 9.59 Å². The third kappa shape index (κ3) is 2.71. The van der Waals surface area contributed by atoms with E-state index in [1.807, 2.05) is 12.1 Å². The fraction of sp³-hybridized carbons (Fsp3) is 0.278. The Morgan fingerprint density at radius 2 is 2.17 bits per heavy atom. The lowest BCUT2D eigenvalue weighted by Gasteiger charge is -2.26. The molecule has 2 aliphatic rings. The molecular formula is C18H18N4O2. The third-order valence-corrected chi connectivity index (χ3v) is 4.52. The fourth-order valence-corrected chi connectivity index (χ4v) is 3.33. The van der Waals surface area contributed by atoms with Gasteiger partial charge in [0.25, 0.3) is 5.91 Å². The van der Waals surface area contributed by atoms with Crippen LogP contribution in [-0.4, -0.2) is 23.3 Å². The van der Waals surface area contributed by atoms with Crippen molar-refractivity contribution in [3.8, 4) is 0 Å². The lowest BCUT2D eigenvalue weighted by atomic mass is 9.87. The summed E-state index contributed by atoms with van der Waals surface area (Å²) in [7, 11) is 0. The maximum absolute atomic E-state index is 12.6. The predicted octanol–water partition coefficient (Wildman–Crippen LogP) is 2.25. The summed E-state index contributed by atoms with van der Waals surface area (Å²) in [5.74, 6) is 0.282. The first-order valence-electron chi connectivity index (χ1n) is 8.13. The molecule has 0 radical (unpaired) electrons. The van der Waals surface area contributed by atoms with E-state index in [0.29, 0.717) is 17.1 Å². The van der Waals surface area contributed by atoms with Gasteiger partial charge in [0.2, 0.25) is 5.91 Å². The highest BCUT2D eigenvalue weighted by Gasteiger charge is 2.23. The van der Waals surface area contributed by atoms with Crippen molar-refractivity contribution in [1.82, 2.24) is 10.3 Å². The Kier molecular flexibility index (Phi) is 3.65. The third-order valence-electron chi connectivity index (χ3n) is 4.52. The number of rotatable bonds is 2. The molecule has 1 aromatic carbocycles. The molecule has 0 fully saturated rings. The Balaban J connectivity index is 1.55. The predicted molar refractivity (Wildman–Crippen MR) is 90.9 cm³/mol. The van der Waals surface area contributed by atoms with E-state index in [-0.39, 0.29) is 24.4 Å². The number of carbonyl (C=O) groups excluding carboxylic acids is 2. The van der Waals surface area contributed by atoms with E-state index in [4.69, 9.17) is 0 Å². The van der Waals surface area contributed by atoms with Gasteiger partial charge in [-0.15, -0.1) is 0 Å². The van der Waals surface area contributed by atoms with Crippen molar-refractivity contribution >= 4 is 23.3 Å². The highest BCUT2D eigenvalue weighted by Crippen LogP contribution is 2.30. The number of anilines is 2. The van der Waals surface area contributed by atoms with Gasteiger partial charge in [-0.2, -0.15) is 0 Å². The second kappa shape index (κ2) is 5.96. The maximum Gasteiger partial charge on any atom is 0.253 e. The molecule has 0 bridgehead atoms. The number of nitrogens with zero attached hydrogens (tertiary/aromatic N) is 1. The fourth-order valence-electron chi connectivity index (χ4n) is 3.33. The molecule has 1 unspecified atom stereocenters. The van der Waals surface area contributed by atoms with Crippen LogP contribution in [0.4, 0.5) is 11.5 Å². The number of amides is 2. The summed E-state index contributed by atoms with van der Waals surface area (Å²) in [6.45, 7) is 0.199. The zero-order valence-corrected chi connectivity index (χ0v) is 13.1. The molecule has 122 valence electrons. The second-order valence-corrected chi connectivity index (χ2v) is 6.14. The quantitative estimate of drug-likeness (QED) is 0.792. The molecule has 0 saturated carbocycles. The molecule has 3 N–H and O–H groups in total. The van der Waals surface area contributed by atoms with Gasteiger partial charge < -0.3 is 16.0 Å². The Morgan fingerprint density at radius 1 is 1.29 bits per heavy atom. The molecule has 1 atom stereocenters. The minimum atomic E-state index is -0.174. The summed E-state index contributed by atoms with van der Waals surface area (Å²) in [5, 5.41) is 8.75. The number of hydrogen-bond acceptors (Lipinski definition) is 4. The number of hydrogen-bond donors (Lipinski definition) is 3. The molecule has 0 spiro atoms. The summed E-state index contributed by atoms with van der Waals surface area (Å²) in [6.07, 6.45) is 4.58. The van der Waals surface area contributed by atoms with Crippen LogP contribution in [0.25, 0.3) is 0 Å². The number of aromatic nitrogens is 1. The van der Waals surface area contributed by atoms with Gasteiger partial charge in [-0.25, -0.2) is 4.98 Å². The monoisotopic (exact) mass is 322 g/mol. The average molecular weight is 322 g/mol. The highest BCUT2D eigenvalue weighted by atomic mass is 16.2. The summed E-state index contributed by atoms with van der Waals surface area (Å²) in [5.41, 5.74) is 3.48. The van der Waals surface area contributed by atoms with E-state index < -0.39 is 0 Å². The van der Waals surface area contributed by atoms with Crippen LogP contribution >= 0.6 is 0 Å². The number of aryl methyl sites for hydroxylation is 1. The molecule has 6 nitrogen and oxygen atoms in total. The van der Waals surface area contributed by atoms with Crippen LogP contribution in [-0.2, 0) is 11.2 Å². The van der Waals surface area contributed by atoms with Gasteiger partial charge in [-0.05, 0) is 36.5 Å². The first-order valence-corrected chi connectivity index (χ1v) is 8.13. The van der Waals surface area contributed by atoms with Crippen LogP contribution in [0.15, 0.2) is 36.5 Å². The second-order valence-electron chi connectivity index (χ2n) is 6.14. The Morgan fingerprint density at radius 3 is 3.08 bits per heavy atom. The summed E-state index contributed by atoms with van der Waals surface area (Å²) in [4.78, 5) is 28.3. The number of benzene rings is 1. The van der Waals surface area contributed by atoms with Crippen LogP contribution in [0.1, 0.15) is 40.4 Å². The van der Waals surface area contributed by atoms with Gasteiger partial charge in [0.05, 0.1) is 23.8 Å². The molecule has 1 aliphatic carbocycles.